The predicted molar refractivity (Wildman–Crippen MR) is 87.3 cm³/mol. The number of hydrogen-bond acceptors (Lipinski definition) is 0. The molecule has 0 nitrogen and oxygen atoms in total. The molecule has 0 heterocycles. The van der Waals surface area contributed by atoms with Gasteiger partial charge < -0.3 is 0 Å². The van der Waals surface area contributed by atoms with Crippen LogP contribution in [0.3, 0.4) is 0 Å². The molecule has 0 spiro atoms. The first kappa shape index (κ1) is 12.9. The van der Waals surface area contributed by atoms with E-state index in [1.54, 1.807) is 0 Å². The minimum absolute atomic E-state index is 0.00850. The molecular formula is C20H20. The van der Waals surface area contributed by atoms with Gasteiger partial charge in [-0.1, -0.05) is 86.1 Å². The summed E-state index contributed by atoms with van der Waals surface area (Å²) in [7, 11) is 0. The summed E-state index contributed by atoms with van der Waals surface area (Å²) in [6.07, 6.45) is 0. The summed E-state index contributed by atoms with van der Waals surface area (Å²) in [5.41, 5.74) is 4.07. The zero-order valence-electron chi connectivity index (χ0n) is 12.4. The second-order valence-electron chi connectivity index (χ2n) is 6.02. The standard InChI is InChI=1S/C20H20/c1-15-11-13-17(14-12-15)20(2,3)19-10-6-8-16-7-4-5-9-18(16)19/h4-14H,1-3H3. The molecule has 100 valence electrons. The van der Waals surface area contributed by atoms with E-state index < -0.39 is 0 Å². The Morgan fingerprint density at radius 1 is 0.700 bits per heavy atom. The molecule has 0 aromatic heterocycles. The molecule has 3 aromatic rings. The van der Waals surface area contributed by atoms with Gasteiger partial charge in [0.15, 0.2) is 0 Å². The molecule has 0 heteroatoms. The van der Waals surface area contributed by atoms with E-state index in [2.05, 4.69) is 87.5 Å². The Labute approximate surface area is 121 Å². The van der Waals surface area contributed by atoms with E-state index in [1.807, 2.05) is 0 Å². The molecule has 0 radical (unpaired) electrons. The molecule has 0 aliphatic heterocycles. The minimum atomic E-state index is 0.00850. The van der Waals surface area contributed by atoms with Gasteiger partial charge in [-0.3, -0.25) is 0 Å². The average molecular weight is 260 g/mol. The Morgan fingerprint density at radius 2 is 1.35 bits per heavy atom. The lowest BCUT2D eigenvalue weighted by Gasteiger charge is -2.27. The van der Waals surface area contributed by atoms with Crippen molar-refractivity contribution in [2.24, 2.45) is 0 Å². The summed E-state index contributed by atoms with van der Waals surface area (Å²) in [5, 5.41) is 2.66. The summed E-state index contributed by atoms with van der Waals surface area (Å²) in [4.78, 5) is 0. The number of aryl methyl sites for hydroxylation is 1. The van der Waals surface area contributed by atoms with Gasteiger partial charge in [-0.15, -0.1) is 0 Å². The Balaban J connectivity index is 2.20. The van der Waals surface area contributed by atoms with E-state index in [-0.39, 0.29) is 5.41 Å². The minimum Gasteiger partial charge on any atom is -0.0616 e. The summed E-state index contributed by atoms with van der Waals surface area (Å²) in [6, 6.07) is 24.1. The third-order valence-electron chi connectivity index (χ3n) is 4.24. The molecular weight excluding hydrogens is 240 g/mol. The van der Waals surface area contributed by atoms with Gasteiger partial charge in [0.1, 0.15) is 0 Å². The van der Waals surface area contributed by atoms with Gasteiger partial charge in [-0.05, 0) is 28.8 Å². The van der Waals surface area contributed by atoms with E-state index in [0.717, 1.165) is 0 Å². The van der Waals surface area contributed by atoms with Gasteiger partial charge in [-0.25, -0.2) is 0 Å². The molecule has 0 N–H and O–H groups in total. The maximum absolute atomic E-state index is 2.30. The van der Waals surface area contributed by atoms with E-state index in [4.69, 9.17) is 0 Å². The highest BCUT2D eigenvalue weighted by Gasteiger charge is 2.24. The van der Waals surface area contributed by atoms with Crippen LogP contribution in [-0.2, 0) is 5.41 Å². The Hall–Kier alpha value is -2.08. The lowest BCUT2D eigenvalue weighted by atomic mass is 9.76. The monoisotopic (exact) mass is 260 g/mol. The van der Waals surface area contributed by atoms with Crippen LogP contribution in [-0.4, -0.2) is 0 Å². The van der Waals surface area contributed by atoms with Crippen molar-refractivity contribution in [3.05, 3.63) is 83.4 Å². The quantitative estimate of drug-likeness (QED) is 0.573. The van der Waals surface area contributed by atoms with Crippen molar-refractivity contribution in [1.82, 2.24) is 0 Å². The second-order valence-corrected chi connectivity index (χ2v) is 6.02. The first-order chi connectivity index (χ1) is 9.59. The highest BCUT2D eigenvalue weighted by Crippen LogP contribution is 2.35. The highest BCUT2D eigenvalue weighted by molar-refractivity contribution is 5.87. The summed E-state index contributed by atoms with van der Waals surface area (Å²) in [6.45, 7) is 6.74. The average Bonchev–Trinajstić information content (AvgIpc) is 2.47. The fourth-order valence-corrected chi connectivity index (χ4v) is 2.90. The molecule has 0 unspecified atom stereocenters. The van der Waals surface area contributed by atoms with Crippen LogP contribution in [0.15, 0.2) is 66.7 Å². The lowest BCUT2D eigenvalue weighted by Crippen LogP contribution is -2.19. The number of fused-ring (bicyclic) bond motifs is 1. The van der Waals surface area contributed by atoms with Crippen LogP contribution < -0.4 is 0 Å². The molecule has 0 amide bonds. The molecule has 0 fully saturated rings. The van der Waals surface area contributed by atoms with Crippen molar-refractivity contribution in [1.29, 1.82) is 0 Å². The van der Waals surface area contributed by atoms with Crippen molar-refractivity contribution < 1.29 is 0 Å². The SMILES string of the molecule is Cc1ccc(C(C)(C)c2cccc3ccccc23)cc1. The van der Waals surface area contributed by atoms with Crippen LogP contribution in [0.1, 0.15) is 30.5 Å². The predicted octanol–water partition coefficient (Wildman–Crippen LogP) is 5.47. The molecule has 0 atom stereocenters. The molecule has 0 aliphatic carbocycles. The van der Waals surface area contributed by atoms with Crippen LogP contribution in [0.25, 0.3) is 10.8 Å². The first-order valence-electron chi connectivity index (χ1n) is 7.14. The smallest absolute Gasteiger partial charge is 0.0152 e. The van der Waals surface area contributed by atoms with Crippen molar-refractivity contribution in [3.8, 4) is 0 Å². The van der Waals surface area contributed by atoms with Gasteiger partial charge in [0.2, 0.25) is 0 Å². The van der Waals surface area contributed by atoms with Crippen LogP contribution in [0, 0.1) is 6.92 Å². The largest absolute Gasteiger partial charge is 0.0616 e. The molecule has 0 saturated heterocycles. The third kappa shape index (κ3) is 2.12. The van der Waals surface area contributed by atoms with Crippen LogP contribution in [0.4, 0.5) is 0 Å². The van der Waals surface area contributed by atoms with Gasteiger partial charge in [0, 0.05) is 5.41 Å². The molecule has 3 rings (SSSR count). The van der Waals surface area contributed by atoms with Gasteiger partial charge in [-0.2, -0.15) is 0 Å². The third-order valence-corrected chi connectivity index (χ3v) is 4.24. The lowest BCUT2D eigenvalue weighted by molar-refractivity contribution is 0.647. The summed E-state index contributed by atoms with van der Waals surface area (Å²) < 4.78 is 0. The molecule has 0 aliphatic rings. The molecule has 0 bridgehead atoms. The van der Waals surface area contributed by atoms with Crippen molar-refractivity contribution in [2.45, 2.75) is 26.2 Å². The van der Waals surface area contributed by atoms with E-state index >= 15 is 0 Å². The number of benzene rings is 3. The Morgan fingerprint density at radius 3 is 2.10 bits per heavy atom. The van der Waals surface area contributed by atoms with Gasteiger partial charge >= 0.3 is 0 Å². The van der Waals surface area contributed by atoms with Gasteiger partial charge in [0.05, 0.1) is 0 Å². The van der Waals surface area contributed by atoms with Crippen LogP contribution in [0.5, 0.6) is 0 Å². The molecule has 20 heavy (non-hydrogen) atoms. The second kappa shape index (κ2) is 4.79. The Kier molecular flexibility index (Phi) is 3.10. The highest BCUT2D eigenvalue weighted by atomic mass is 14.3. The molecule has 3 aromatic carbocycles. The van der Waals surface area contributed by atoms with Crippen LogP contribution >= 0.6 is 0 Å². The zero-order valence-corrected chi connectivity index (χ0v) is 12.4. The first-order valence-corrected chi connectivity index (χ1v) is 7.14. The fourth-order valence-electron chi connectivity index (χ4n) is 2.90. The maximum atomic E-state index is 2.30. The van der Waals surface area contributed by atoms with E-state index in [0.29, 0.717) is 0 Å². The van der Waals surface area contributed by atoms with Crippen molar-refractivity contribution >= 4 is 10.8 Å². The van der Waals surface area contributed by atoms with Gasteiger partial charge in [0.25, 0.3) is 0 Å². The van der Waals surface area contributed by atoms with E-state index in [9.17, 15) is 0 Å². The van der Waals surface area contributed by atoms with Crippen molar-refractivity contribution in [3.63, 3.8) is 0 Å². The Bertz CT molecular complexity index is 728. The molecule has 0 saturated carbocycles. The number of rotatable bonds is 2. The normalized spacial score (nSPS) is 11.8. The number of hydrogen-bond donors (Lipinski definition) is 0. The zero-order chi connectivity index (χ0) is 14.2. The fraction of sp³-hybridized carbons (Fsp3) is 0.200. The maximum Gasteiger partial charge on any atom is 0.0152 e. The topological polar surface area (TPSA) is 0 Å². The van der Waals surface area contributed by atoms with Crippen LogP contribution in [0.2, 0.25) is 0 Å². The van der Waals surface area contributed by atoms with Crippen molar-refractivity contribution in [2.75, 3.05) is 0 Å². The summed E-state index contributed by atoms with van der Waals surface area (Å²) >= 11 is 0. The summed E-state index contributed by atoms with van der Waals surface area (Å²) in [5.74, 6) is 0. The van der Waals surface area contributed by atoms with E-state index in [1.165, 1.54) is 27.5 Å².